The summed E-state index contributed by atoms with van der Waals surface area (Å²) in [6.45, 7) is 8.77. The molecule has 0 atom stereocenters. The maximum atomic E-state index is 12.9. The van der Waals surface area contributed by atoms with Gasteiger partial charge in [0.25, 0.3) is 11.6 Å². The van der Waals surface area contributed by atoms with Crippen molar-refractivity contribution in [1.29, 1.82) is 0 Å². The number of anilines is 1. The highest BCUT2D eigenvalue weighted by Gasteiger charge is 2.26. The highest BCUT2D eigenvalue weighted by Crippen LogP contribution is 2.32. The van der Waals surface area contributed by atoms with Gasteiger partial charge >= 0.3 is 6.09 Å². The highest BCUT2D eigenvalue weighted by atomic mass is 16.6. The molecule has 5 rings (SSSR count). The molecule has 11 heteroatoms. The number of amides is 2. The van der Waals surface area contributed by atoms with Crippen molar-refractivity contribution in [2.24, 2.45) is 0 Å². The molecule has 1 saturated heterocycles. The zero-order valence-electron chi connectivity index (χ0n) is 23.1. The number of hydrogen-bond donors (Lipinski definition) is 1. The molecule has 2 amide bonds. The van der Waals surface area contributed by atoms with E-state index in [-0.39, 0.29) is 17.3 Å². The van der Waals surface area contributed by atoms with Crippen LogP contribution in [-0.2, 0) is 11.3 Å². The Bertz CT molecular complexity index is 1580. The van der Waals surface area contributed by atoms with Crippen molar-refractivity contribution in [1.82, 2.24) is 14.8 Å². The molecule has 0 aliphatic carbocycles. The van der Waals surface area contributed by atoms with Crippen molar-refractivity contribution in [3.05, 3.63) is 88.0 Å². The van der Waals surface area contributed by atoms with Gasteiger partial charge in [0.1, 0.15) is 11.1 Å². The van der Waals surface area contributed by atoms with Crippen LogP contribution in [0, 0.1) is 10.1 Å². The first-order valence-electron chi connectivity index (χ1n) is 13.3. The number of benzene rings is 3. The van der Waals surface area contributed by atoms with Gasteiger partial charge in [-0.3, -0.25) is 19.8 Å². The van der Waals surface area contributed by atoms with Gasteiger partial charge in [0, 0.05) is 56.0 Å². The summed E-state index contributed by atoms with van der Waals surface area (Å²) in [4.78, 5) is 44.4. The zero-order valence-corrected chi connectivity index (χ0v) is 23.1. The van der Waals surface area contributed by atoms with Crippen LogP contribution in [0.5, 0.6) is 0 Å². The number of carbonyl (C=O) groups excluding carboxylic acids is 2. The van der Waals surface area contributed by atoms with Gasteiger partial charge in [-0.15, -0.1) is 0 Å². The Balaban J connectivity index is 1.31. The van der Waals surface area contributed by atoms with E-state index in [9.17, 15) is 19.7 Å². The number of rotatable bonds is 6. The smallest absolute Gasteiger partial charge is 0.410 e. The first kappa shape index (κ1) is 27.8. The molecular weight excluding hydrogens is 526 g/mol. The third-order valence-corrected chi connectivity index (χ3v) is 6.66. The number of nitro groups is 1. The van der Waals surface area contributed by atoms with E-state index in [4.69, 9.17) is 14.1 Å². The first-order valence-corrected chi connectivity index (χ1v) is 13.3. The molecule has 1 aliphatic rings. The first-order chi connectivity index (χ1) is 19.6. The third kappa shape index (κ3) is 6.52. The van der Waals surface area contributed by atoms with E-state index in [1.165, 1.54) is 24.3 Å². The summed E-state index contributed by atoms with van der Waals surface area (Å²) in [5.41, 5.74) is 3.11. The third-order valence-electron chi connectivity index (χ3n) is 6.66. The fourth-order valence-corrected chi connectivity index (χ4v) is 4.61. The van der Waals surface area contributed by atoms with Crippen LogP contribution in [-0.4, -0.2) is 63.5 Å². The number of carbonyl (C=O) groups is 2. The molecule has 0 radical (unpaired) electrons. The second-order valence-electron chi connectivity index (χ2n) is 10.8. The molecule has 0 saturated carbocycles. The van der Waals surface area contributed by atoms with Gasteiger partial charge < -0.3 is 19.4 Å². The van der Waals surface area contributed by atoms with Gasteiger partial charge in [-0.1, -0.05) is 24.3 Å². The molecular formula is C30H31N5O6. The quantitative estimate of drug-likeness (QED) is 0.236. The van der Waals surface area contributed by atoms with Gasteiger partial charge in [0.2, 0.25) is 5.89 Å². The SMILES string of the molecule is CC(C)(C)OC(=O)N1CCN(Cc2cccc3nc(-c4ccccc4NC(=O)c4ccc([N+](=O)[O-])cc4)oc23)CC1. The fraction of sp³-hybridized carbons (Fsp3) is 0.300. The minimum absolute atomic E-state index is 0.0887. The lowest BCUT2D eigenvalue weighted by Crippen LogP contribution is -2.49. The number of nitrogens with zero attached hydrogens (tertiary/aromatic N) is 4. The minimum atomic E-state index is -0.528. The van der Waals surface area contributed by atoms with Crippen LogP contribution in [0.3, 0.4) is 0 Å². The van der Waals surface area contributed by atoms with Crippen LogP contribution < -0.4 is 5.32 Å². The van der Waals surface area contributed by atoms with E-state index in [0.717, 1.165) is 5.56 Å². The molecule has 11 nitrogen and oxygen atoms in total. The standard InChI is InChI=1S/C30H31N5O6/c1-30(2,3)41-29(37)34-17-15-33(16-18-34)19-21-7-6-10-25-26(21)40-28(32-25)23-8-4-5-9-24(23)31-27(36)20-11-13-22(14-12-20)35(38)39/h4-14H,15-19H2,1-3H3,(H,31,36). The van der Waals surface area contributed by atoms with Crippen LogP contribution >= 0.6 is 0 Å². The minimum Gasteiger partial charge on any atom is -0.444 e. The van der Waals surface area contributed by atoms with Gasteiger partial charge in [0.05, 0.1) is 16.2 Å². The molecule has 2 heterocycles. The van der Waals surface area contributed by atoms with Gasteiger partial charge in [0.15, 0.2) is 5.58 Å². The molecule has 0 bridgehead atoms. The molecule has 1 fully saturated rings. The highest BCUT2D eigenvalue weighted by molar-refractivity contribution is 6.06. The van der Waals surface area contributed by atoms with Crippen molar-refractivity contribution < 1.29 is 23.7 Å². The van der Waals surface area contributed by atoms with E-state index in [1.54, 1.807) is 17.0 Å². The van der Waals surface area contributed by atoms with Crippen LogP contribution in [0.4, 0.5) is 16.2 Å². The summed E-state index contributed by atoms with van der Waals surface area (Å²) in [5.74, 6) is -0.0449. The molecule has 4 aromatic rings. The summed E-state index contributed by atoms with van der Waals surface area (Å²) in [6.07, 6.45) is -0.293. The van der Waals surface area contributed by atoms with Crippen LogP contribution in [0.15, 0.2) is 71.1 Å². The summed E-state index contributed by atoms with van der Waals surface area (Å²) in [6, 6.07) is 18.4. The van der Waals surface area contributed by atoms with Crippen molar-refractivity contribution in [3.8, 4) is 11.5 Å². The van der Waals surface area contributed by atoms with Crippen molar-refractivity contribution in [3.63, 3.8) is 0 Å². The van der Waals surface area contributed by atoms with E-state index in [1.807, 2.05) is 51.1 Å². The van der Waals surface area contributed by atoms with E-state index in [2.05, 4.69) is 10.2 Å². The summed E-state index contributed by atoms with van der Waals surface area (Å²) >= 11 is 0. The summed E-state index contributed by atoms with van der Waals surface area (Å²) in [7, 11) is 0. The molecule has 0 unspecified atom stereocenters. The topological polar surface area (TPSA) is 131 Å². The maximum absolute atomic E-state index is 12.9. The Morgan fingerprint density at radius 2 is 1.71 bits per heavy atom. The lowest BCUT2D eigenvalue weighted by atomic mass is 10.1. The van der Waals surface area contributed by atoms with Crippen LogP contribution in [0.2, 0.25) is 0 Å². The van der Waals surface area contributed by atoms with Crippen LogP contribution in [0.1, 0.15) is 36.7 Å². The van der Waals surface area contributed by atoms with E-state index in [0.29, 0.717) is 61.0 Å². The zero-order chi connectivity index (χ0) is 29.1. The lowest BCUT2D eigenvalue weighted by molar-refractivity contribution is -0.384. The molecule has 0 spiro atoms. The van der Waals surface area contributed by atoms with Gasteiger partial charge in [-0.2, -0.15) is 0 Å². The van der Waals surface area contributed by atoms with Crippen molar-refractivity contribution in [2.45, 2.75) is 32.9 Å². The molecule has 212 valence electrons. The molecule has 1 aromatic heterocycles. The molecule has 41 heavy (non-hydrogen) atoms. The Morgan fingerprint density at radius 3 is 2.39 bits per heavy atom. The van der Waals surface area contributed by atoms with Crippen LogP contribution in [0.25, 0.3) is 22.6 Å². The van der Waals surface area contributed by atoms with Gasteiger partial charge in [-0.05, 0) is 51.1 Å². The Kier molecular flexibility index (Phi) is 7.71. The number of nitro benzene ring substituents is 1. The average Bonchev–Trinajstić information content (AvgIpc) is 3.38. The summed E-state index contributed by atoms with van der Waals surface area (Å²) in [5, 5.41) is 13.8. The lowest BCUT2D eigenvalue weighted by Gasteiger charge is -2.35. The second-order valence-corrected chi connectivity index (χ2v) is 10.8. The number of fused-ring (bicyclic) bond motifs is 1. The molecule has 3 aromatic carbocycles. The number of oxazole rings is 1. The number of piperazine rings is 1. The predicted molar refractivity (Wildman–Crippen MR) is 154 cm³/mol. The average molecular weight is 558 g/mol. The monoisotopic (exact) mass is 557 g/mol. The maximum Gasteiger partial charge on any atom is 0.410 e. The Hall–Kier alpha value is -4.77. The number of para-hydroxylation sites is 2. The Labute approximate surface area is 236 Å². The number of hydrogen-bond acceptors (Lipinski definition) is 8. The normalized spacial score (nSPS) is 14.2. The van der Waals surface area contributed by atoms with Crippen molar-refractivity contribution in [2.75, 3.05) is 31.5 Å². The summed E-state index contributed by atoms with van der Waals surface area (Å²) < 4.78 is 11.8. The fourth-order valence-electron chi connectivity index (χ4n) is 4.61. The van der Waals surface area contributed by atoms with E-state index >= 15 is 0 Å². The number of aromatic nitrogens is 1. The van der Waals surface area contributed by atoms with Gasteiger partial charge in [-0.25, -0.2) is 9.78 Å². The van der Waals surface area contributed by atoms with E-state index < -0.39 is 16.4 Å². The molecule has 1 N–H and O–H groups in total. The number of non-ortho nitro benzene ring substituents is 1. The Morgan fingerprint density at radius 1 is 1.00 bits per heavy atom. The number of ether oxygens (including phenoxy) is 1. The van der Waals surface area contributed by atoms with Crippen molar-refractivity contribution >= 4 is 34.5 Å². The molecule has 1 aliphatic heterocycles. The number of nitrogens with one attached hydrogen (secondary N) is 1. The second kappa shape index (κ2) is 11.4. The predicted octanol–water partition coefficient (Wildman–Crippen LogP) is 5.71. The largest absolute Gasteiger partial charge is 0.444 e.